The van der Waals surface area contributed by atoms with Gasteiger partial charge in [0, 0.05) is 12.7 Å². The quantitative estimate of drug-likeness (QED) is 0.680. The monoisotopic (exact) mass is 423 g/mol. The van der Waals surface area contributed by atoms with Crippen LogP contribution in [-0.2, 0) is 19.4 Å². The molecule has 0 aliphatic carbocycles. The predicted molar refractivity (Wildman–Crippen MR) is 110 cm³/mol. The smallest absolute Gasteiger partial charge is 0.244 e. The second-order valence-electron chi connectivity index (χ2n) is 6.06. The fourth-order valence-corrected chi connectivity index (χ4v) is 3.38. The number of carbonyl (C=O) groups excluding carboxylic acids is 2. The summed E-state index contributed by atoms with van der Waals surface area (Å²) < 4.78 is 23.6. The van der Waals surface area contributed by atoms with Crippen molar-refractivity contribution in [1.29, 1.82) is 0 Å². The van der Waals surface area contributed by atoms with Crippen molar-refractivity contribution in [3.05, 3.63) is 53.6 Å². The topological polar surface area (TPSA) is 95.6 Å². The van der Waals surface area contributed by atoms with Crippen LogP contribution in [0.4, 0.5) is 11.4 Å². The molecule has 150 valence electrons. The van der Waals surface area contributed by atoms with Crippen LogP contribution in [-0.4, -0.2) is 51.0 Å². The number of halogens is 1. The van der Waals surface area contributed by atoms with Gasteiger partial charge in [0.2, 0.25) is 11.8 Å². The number of hydrogen-bond acceptors (Lipinski definition) is 5. The SMILES string of the molecule is CCS(=O)(=O)c1ccc(NCC(=O)N(C)CC(=O)Nc2ccccc2Cl)cc1. The maximum absolute atomic E-state index is 12.2. The number of rotatable bonds is 8. The molecule has 28 heavy (non-hydrogen) atoms. The van der Waals surface area contributed by atoms with E-state index >= 15 is 0 Å². The molecule has 2 rings (SSSR count). The molecule has 2 amide bonds. The molecule has 0 bridgehead atoms. The van der Waals surface area contributed by atoms with Crippen LogP contribution < -0.4 is 10.6 Å². The minimum atomic E-state index is -3.26. The van der Waals surface area contributed by atoms with E-state index in [9.17, 15) is 18.0 Å². The highest BCUT2D eigenvalue weighted by Gasteiger charge is 2.14. The molecule has 7 nitrogen and oxygen atoms in total. The summed E-state index contributed by atoms with van der Waals surface area (Å²) in [5, 5.41) is 5.99. The first kappa shape index (κ1) is 21.7. The van der Waals surface area contributed by atoms with E-state index in [1.165, 1.54) is 24.1 Å². The van der Waals surface area contributed by atoms with Crippen LogP contribution in [0.15, 0.2) is 53.4 Å². The number of likely N-dealkylation sites (N-methyl/N-ethyl adjacent to an activating group) is 1. The molecule has 0 unspecified atom stereocenters. The molecule has 0 spiro atoms. The summed E-state index contributed by atoms with van der Waals surface area (Å²) in [6.07, 6.45) is 0. The predicted octanol–water partition coefficient (Wildman–Crippen LogP) is 2.64. The van der Waals surface area contributed by atoms with E-state index in [1.807, 2.05) is 0 Å². The van der Waals surface area contributed by atoms with Crippen LogP contribution in [0, 0.1) is 0 Å². The Hall–Kier alpha value is -2.58. The van der Waals surface area contributed by atoms with Gasteiger partial charge in [-0.15, -0.1) is 0 Å². The van der Waals surface area contributed by atoms with Crippen LogP contribution in [0.3, 0.4) is 0 Å². The summed E-state index contributed by atoms with van der Waals surface area (Å²) in [5.41, 5.74) is 1.09. The molecule has 0 aromatic heterocycles. The Labute approximate surface area is 169 Å². The molecule has 0 atom stereocenters. The molecule has 0 fully saturated rings. The van der Waals surface area contributed by atoms with Crippen molar-refractivity contribution < 1.29 is 18.0 Å². The average molecular weight is 424 g/mol. The third-order valence-corrected chi connectivity index (χ3v) is 6.07. The maximum atomic E-state index is 12.2. The maximum Gasteiger partial charge on any atom is 0.244 e. The van der Waals surface area contributed by atoms with Crippen molar-refractivity contribution in [3.63, 3.8) is 0 Å². The molecule has 0 aliphatic heterocycles. The number of anilines is 2. The van der Waals surface area contributed by atoms with Crippen LogP contribution >= 0.6 is 11.6 Å². The minimum Gasteiger partial charge on any atom is -0.376 e. The second-order valence-corrected chi connectivity index (χ2v) is 8.74. The van der Waals surface area contributed by atoms with Crippen LogP contribution in [0.25, 0.3) is 0 Å². The fraction of sp³-hybridized carbons (Fsp3) is 0.263. The summed E-state index contributed by atoms with van der Waals surface area (Å²) in [4.78, 5) is 25.8. The molecular weight excluding hydrogens is 402 g/mol. The van der Waals surface area contributed by atoms with Gasteiger partial charge in [-0.1, -0.05) is 30.7 Å². The second kappa shape index (κ2) is 9.57. The third-order valence-electron chi connectivity index (χ3n) is 3.99. The molecule has 2 aromatic carbocycles. The van der Waals surface area contributed by atoms with Gasteiger partial charge in [-0.05, 0) is 36.4 Å². The number of benzene rings is 2. The highest BCUT2D eigenvalue weighted by Crippen LogP contribution is 2.20. The molecular formula is C19H22ClN3O4S. The Balaban J connectivity index is 1.85. The first-order chi connectivity index (χ1) is 13.2. The molecule has 2 N–H and O–H groups in total. The van der Waals surface area contributed by atoms with Gasteiger partial charge < -0.3 is 15.5 Å². The van der Waals surface area contributed by atoms with Gasteiger partial charge in [-0.3, -0.25) is 9.59 Å². The van der Waals surface area contributed by atoms with Gasteiger partial charge in [-0.2, -0.15) is 0 Å². The van der Waals surface area contributed by atoms with Gasteiger partial charge in [0.25, 0.3) is 0 Å². The zero-order valence-corrected chi connectivity index (χ0v) is 17.2. The third kappa shape index (κ3) is 5.97. The number of amides is 2. The Morgan fingerprint density at radius 3 is 2.32 bits per heavy atom. The van der Waals surface area contributed by atoms with Crippen molar-refractivity contribution in [2.75, 3.05) is 36.5 Å². The lowest BCUT2D eigenvalue weighted by atomic mass is 10.3. The highest BCUT2D eigenvalue weighted by atomic mass is 35.5. The molecule has 0 radical (unpaired) electrons. The van der Waals surface area contributed by atoms with E-state index in [1.54, 1.807) is 43.3 Å². The fourth-order valence-electron chi connectivity index (χ4n) is 2.32. The van der Waals surface area contributed by atoms with E-state index in [0.717, 1.165) is 0 Å². The zero-order valence-electron chi connectivity index (χ0n) is 15.6. The van der Waals surface area contributed by atoms with Crippen molar-refractivity contribution in [1.82, 2.24) is 4.90 Å². The summed E-state index contributed by atoms with van der Waals surface area (Å²) in [7, 11) is -1.74. The lowest BCUT2D eigenvalue weighted by Crippen LogP contribution is -2.38. The van der Waals surface area contributed by atoms with Crippen molar-refractivity contribution in [2.45, 2.75) is 11.8 Å². The van der Waals surface area contributed by atoms with Gasteiger partial charge in [-0.25, -0.2) is 8.42 Å². The zero-order chi connectivity index (χ0) is 20.7. The van der Waals surface area contributed by atoms with E-state index < -0.39 is 9.84 Å². The lowest BCUT2D eigenvalue weighted by molar-refractivity contribution is -0.131. The average Bonchev–Trinajstić information content (AvgIpc) is 2.68. The van der Waals surface area contributed by atoms with Gasteiger partial charge in [0.05, 0.1) is 34.4 Å². The number of para-hydroxylation sites is 1. The van der Waals surface area contributed by atoms with E-state index in [4.69, 9.17) is 11.6 Å². The van der Waals surface area contributed by atoms with Crippen LogP contribution in [0.1, 0.15) is 6.92 Å². The highest BCUT2D eigenvalue weighted by molar-refractivity contribution is 7.91. The molecule has 0 saturated carbocycles. The van der Waals surface area contributed by atoms with Gasteiger partial charge in [0.1, 0.15) is 0 Å². The summed E-state index contributed by atoms with van der Waals surface area (Å²) in [6, 6.07) is 13.0. The molecule has 0 saturated heterocycles. The summed E-state index contributed by atoms with van der Waals surface area (Å²) >= 11 is 5.99. The van der Waals surface area contributed by atoms with Crippen LogP contribution in [0.5, 0.6) is 0 Å². The molecule has 0 heterocycles. The molecule has 0 aliphatic rings. The van der Waals surface area contributed by atoms with Gasteiger partial charge >= 0.3 is 0 Å². The van der Waals surface area contributed by atoms with Crippen molar-refractivity contribution >= 4 is 44.6 Å². The van der Waals surface area contributed by atoms with E-state index in [0.29, 0.717) is 16.4 Å². The molecule has 9 heteroatoms. The minimum absolute atomic E-state index is 0.0271. The standard InChI is InChI=1S/C19H22ClN3O4S/c1-3-28(26,27)15-10-8-14(9-11-15)21-12-19(25)23(2)13-18(24)22-17-7-5-4-6-16(17)20/h4-11,21H,3,12-13H2,1-2H3,(H,22,24). The lowest BCUT2D eigenvalue weighted by Gasteiger charge is -2.18. The Bertz CT molecular complexity index is 946. The number of hydrogen-bond donors (Lipinski definition) is 2. The Morgan fingerprint density at radius 1 is 1.07 bits per heavy atom. The van der Waals surface area contributed by atoms with Crippen LogP contribution in [0.2, 0.25) is 5.02 Å². The van der Waals surface area contributed by atoms with Crippen molar-refractivity contribution in [3.8, 4) is 0 Å². The first-order valence-corrected chi connectivity index (χ1v) is 10.6. The largest absolute Gasteiger partial charge is 0.376 e. The number of carbonyl (C=O) groups is 2. The van der Waals surface area contributed by atoms with E-state index in [-0.39, 0.29) is 35.6 Å². The Kier molecular flexibility index (Phi) is 7.42. The summed E-state index contributed by atoms with van der Waals surface area (Å²) in [5.74, 6) is -0.628. The van der Waals surface area contributed by atoms with Gasteiger partial charge in [0.15, 0.2) is 9.84 Å². The number of sulfone groups is 1. The summed E-state index contributed by atoms with van der Waals surface area (Å²) in [6.45, 7) is 1.42. The van der Waals surface area contributed by atoms with Crippen molar-refractivity contribution in [2.24, 2.45) is 0 Å². The first-order valence-electron chi connectivity index (χ1n) is 8.58. The number of nitrogens with one attached hydrogen (secondary N) is 2. The normalized spacial score (nSPS) is 11.0. The number of nitrogens with zero attached hydrogens (tertiary/aromatic N) is 1. The van der Waals surface area contributed by atoms with E-state index in [2.05, 4.69) is 10.6 Å². The Morgan fingerprint density at radius 2 is 1.71 bits per heavy atom. The molecule has 2 aromatic rings.